The van der Waals surface area contributed by atoms with Crippen molar-refractivity contribution in [3.05, 3.63) is 88.6 Å². The molecule has 0 saturated heterocycles. The molecule has 0 fully saturated rings. The lowest BCUT2D eigenvalue weighted by Gasteiger charge is -2.14. The molecule has 1 amide bonds. The third-order valence-corrected chi connectivity index (χ3v) is 5.88. The number of aryl methyl sites for hydroxylation is 1. The van der Waals surface area contributed by atoms with E-state index in [9.17, 15) is 4.79 Å². The van der Waals surface area contributed by atoms with E-state index < -0.39 is 0 Å². The third kappa shape index (κ3) is 4.70. The largest absolute Gasteiger partial charge is 0.454 e. The number of hydrogen-bond donors (Lipinski definition) is 3. The van der Waals surface area contributed by atoms with E-state index in [2.05, 4.69) is 26.7 Å². The van der Waals surface area contributed by atoms with Crippen LogP contribution in [-0.2, 0) is 6.42 Å². The number of anilines is 1. The van der Waals surface area contributed by atoms with Crippen LogP contribution in [0.5, 0.6) is 11.5 Å². The first-order chi connectivity index (χ1) is 16.6. The average Bonchev–Trinajstić information content (AvgIpc) is 3.48. The van der Waals surface area contributed by atoms with E-state index in [0.29, 0.717) is 41.0 Å². The number of guanidine groups is 1. The summed E-state index contributed by atoms with van der Waals surface area (Å²) >= 11 is 6.19. The number of carbonyl (C=O) groups is 1. The maximum atomic E-state index is 13.0. The Morgan fingerprint density at radius 1 is 1.09 bits per heavy atom. The lowest BCUT2D eigenvalue weighted by Crippen LogP contribution is -2.36. The standard InChI is InChI=1S/C26H23ClN4O3/c1-16-6-8-19(27)13-22(16)30-26(28-11-10-18-14-29-21-5-3-2-4-20(18)21)31-25(32)17-7-9-23-24(12-17)34-15-33-23/h2-9,12-14,29H,10-11,15H2,1H3,(H2,28,30,31,32). The van der Waals surface area contributed by atoms with Gasteiger partial charge in [-0.2, -0.15) is 0 Å². The van der Waals surface area contributed by atoms with Crippen molar-refractivity contribution >= 4 is 40.1 Å². The van der Waals surface area contributed by atoms with Crippen molar-refractivity contribution in [1.29, 1.82) is 0 Å². The molecule has 2 heterocycles. The van der Waals surface area contributed by atoms with Gasteiger partial charge in [0.15, 0.2) is 11.5 Å². The minimum Gasteiger partial charge on any atom is -0.454 e. The minimum absolute atomic E-state index is 0.149. The molecule has 1 aliphatic rings. The molecule has 0 spiro atoms. The zero-order chi connectivity index (χ0) is 23.5. The second-order valence-corrected chi connectivity index (χ2v) is 8.38. The first kappa shape index (κ1) is 21.9. The van der Waals surface area contributed by atoms with E-state index in [1.54, 1.807) is 24.3 Å². The highest BCUT2D eigenvalue weighted by atomic mass is 35.5. The van der Waals surface area contributed by atoms with Crippen LogP contribution in [0.25, 0.3) is 10.9 Å². The van der Waals surface area contributed by atoms with Crippen molar-refractivity contribution in [3.8, 4) is 11.5 Å². The van der Waals surface area contributed by atoms with Crippen molar-refractivity contribution in [2.24, 2.45) is 4.99 Å². The van der Waals surface area contributed by atoms with Gasteiger partial charge in [0.25, 0.3) is 5.91 Å². The van der Waals surface area contributed by atoms with Gasteiger partial charge in [-0.3, -0.25) is 15.1 Å². The van der Waals surface area contributed by atoms with Crippen molar-refractivity contribution in [2.75, 3.05) is 18.7 Å². The SMILES string of the molecule is Cc1ccc(Cl)cc1NC(=NCCc1c[nH]c2ccccc12)NC(=O)c1ccc2c(c1)OCO2. The number of aromatic amines is 1. The molecular formula is C26H23ClN4O3. The van der Waals surface area contributed by atoms with Gasteiger partial charge in [0.05, 0.1) is 0 Å². The number of ether oxygens (including phenoxy) is 2. The molecule has 34 heavy (non-hydrogen) atoms. The number of benzene rings is 3. The summed E-state index contributed by atoms with van der Waals surface area (Å²) in [5, 5.41) is 7.88. The van der Waals surface area contributed by atoms with E-state index in [1.165, 1.54) is 10.9 Å². The average molecular weight is 475 g/mol. The van der Waals surface area contributed by atoms with E-state index in [4.69, 9.17) is 21.1 Å². The van der Waals surface area contributed by atoms with E-state index in [0.717, 1.165) is 16.8 Å². The molecule has 7 nitrogen and oxygen atoms in total. The number of nitrogens with zero attached hydrogens (tertiary/aromatic N) is 1. The first-order valence-corrected chi connectivity index (χ1v) is 11.3. The fourth-order valence-electron chi connectivity index (χ4n) is 3.81. The molecule has 5 rings (SSSR count). The number of halogens is 1. The van der Waals surface area contributed by atoms with Crippen LogP contribution in [-0.4, -0.2) is 30.2 Å². The Morgan fingerprint density at radius 2 is 1.94 bits per heavy atom. The monoisotopic (exact) mass is 474 g/mol. The molecular weight excluding hydrogens is 452 g/mol. The number of carbonyl (C=O) groups excluding carboxylic acids is 1. The Hall–Kier alpha value is -3.97. The van der Waals surface area contributed by atoms with Crippen LogP contribution in [0.15, 0.2) is 71.9 Å². The number of hydrogen-bond acceptors (Lipinski definition) is 4. The van der Waals surface area contributed by atoms with Crippen LogP contribution in [0.4, 0.5) is 5.69 Å². The molecule has 4 aromatic rings. The molecule has 0 aliphatic carbocycles. The summed E-state index contributed by atoms with van der Waals surface area (Å²) in [7, 11) is 0. The minimum atomic E-state index is -0.309. The van der Waals surface area contributed by atoms with Crippen LogP contribution in [0.1, 0.15) is 21.5 Å². The van der Waals surface area contributed by atoms with E-state index >= 15 is 0 Å². The lowest BCUT2D eigenvalue weighted by atomic mass is 10.1. The number of fused-ring (bicyclic) bond motifs is 2. The van der Waals surface area contributed by atoms with Gasteiger partial charge in [0.1, 0.15) is 0 Å². The fraction of sp³-hybridized carbons (Fsp3) is 0.154. The Morgan fingerprint density at radius 3 is 2.85 bits per heavy atom. The van der Waals surface area contributed by atoms with Gasteiger partial charge in [-0.05, 0) is 60.9 Å². The number of nitrogens with one attached hydrogen (secondary N) is 3. The summed E-state index contributed by atoms with van der Waals surface area (Å²) in [6.07, 6.45) is 2.71. The molecule has 0 atom stereocenters. The number of aliphatic imine (C=N–C) groups is 1. The molecule has 0 saturated carbocycles. The van der Waals surface area contributed by atoms with Gasteiger partial charge in [-0.25, -0.2) is 0 Å². The summed E-state index contributed by atoms with van der Waals surface area (Å²) in [6, 6.07) is 18.8. The number of para-hydroxylation sites is 1. The number of rotatable bonds is 5. The predicted octanol–water partition coefficient (Wildman–Crippen LogP) is 5.30. The fourth-order valence-corrected chi connectivity index (χ4v) is 3.98. The topological polar surface area (TPSA) is 87.7 Å². The quantitative estimate of drug-likeness (QED) is 0.270. The first-order valence-electron chi connectivity index (χ1n) is 10.9. The van der Waals surface area contributed by atoms with Crippen molar-refractivity contribution in [2.45, 2.75) is 13.3 Å². The van der Waals surface area contributed by atoms with Gasteiger partial charge in [-0.15, -0.1) is 0 Å². The Kier molecular flexibility index (Phi) is 6.10. The summed E-state index contributed by atoms with van der Waals surface area (Å²) in [6.45, 7) is 2.59. The van der Waals surface area contributed by atoms with Gasteiger partial charge >= 0.3 is 0 Å². The van der Waals surface area contributed by atoms with E-state index in [1.807, 2.05) is 43.5 Å². The third-order valence-electron chi connectivity index (χ3n) is 5.65. The highest BCUT2D eigenvalue weighted by Crippen LogP contribution is 2.32. The van der Waals surface area contributed by atoms with Crippen LogP contribution >= 0.6 is 11.6 Å². The Bertz CT molecular complexity index is 1400. The highest BCUT2D eigenvalue weighted by Gasteiger charge is 2.17. The van der Waals surface area contributed by atoms with Gasteiger partial charge in [-0.1, -0.05) is 35.9 Å². The molecule has 3 aromatic carbocycles. The summed E-state index contributed by atoms with van der Waals surface area (Å²) < 4.78 is 10.7. The number of aromatic nitrogens is 1. The Labute approximate surface area is 201 Å². The Balaban J connectivity index is 1.37. The molecule has 0 bridgehead atoms. The van der Waals surface area contributed by atoms with Crippen molar-refractivity contribution < 1.29 is 14.3 Å². The molecule has 1 aromatic heterocycles. The molecule has 0 unspecified atom stereocenters. The zero-order valence-corrected chi connectivity index (χ0v) is 19.3. The molecule has 3 N–H and O–H groups in total. The molecule has 0 radical (unpaired) electrons. The molecule has 8 heteroatoms. The summed E-state index contributed by atoms with van der Waals surface area (Å²) in [4.78, 5) is 21.0. The maximum Gasteiger partial charge on any atom is 0.258 e. The van der Waals surface area contributed by atoms with Gasteiger partial charge in [0.2, 0.25) is 12.8 Å². The van der Waals surface area contributed by atoms with Crippen LogP contribution in [0.2, 0.25) is 5.02 Å². The number of amides is 1. The van der Waals surface area contributed by atoms with Crippen molar-refractivity contribution in [3.63, 3.8) is 0 Å². The lowest BCUT2D eigenvalue weighted by molar-refractivity contribution is 0.0976. The van der Waals surface area contributed by atoms with Crippen LogP contribution < -0.4 is 20.1 Å². The second kappa shape index (κ2) is 9.49. The number of H-pyrrole nitrogens is 1. The normalized spacial score (nSPS) is 12.7. The highest BCUT2D eigenvalue weighted by molar-refractivity contribution is 6.31. The second-order valence-electron chi connectivity index (χ2n) is 7.95. The van der Waals surface area contributed by atoms with Crippen LogP contribution in [0, 0.1) is 6.92 Å². The zero-order valence-electron chi connectivity index (χ0n) is 18.5. The molecule has 1 aliphatic heterocycles. The van der Waals surface area contributed by atoms with Crippen molar-refractivity contribution in [1.82, 2.24) is 10.3 Å². The van der Waals surface area contributed by atoms with Gasteiger partial charge in [0, 0.05) is 39.9 Å². The van der Waals surface area contributed by atoms with Crippen LogP contribution in [0.3, 0.4) is 0 Å². The van der Waals surface area contributed by atoms with E-state index in [-0.39, 0.29) is 12.7 Å². The van der Waals surface area contributed by atoms with Gasteiger partial charge < -0.3 is 19.8 Å². The molecule has 172 valence electrons. The summed E-state index contributed by atoms with van der Waals surface area (Å²) in [5.41, 5.74) is 4.44. The smallest absolute Gasteiger partial charge is 0.258 e. The predicted molar refractivity (Wildman–Crippen MR) is 134 cm³/mol. The maximum absolute atomic E-state index is 13.0. The summed E-state index contributed by atoms with van der Waals surface area (Å²) in [5.74, 6) is 1.20.